The van der Waals surface area contributed by atoms with Crippen molar-refractivity contribution in [2.24, 2.45) is 0 Å². The van der Waals surface area contributed by atoms with Crippen LogP contribution in [0.15, 0.2) is 35.7 Å². The predicted octanol–water partition coefficient (Wildman–Crippen LogP) is 2.98. The molecule has 0 fully saturated rings. The average molecular weight is 424 g/mol. The monoisotopic (exact) mass is 423 g/mol. The van der Waals surface area contributed by atoms with E-state index in [1.165, 1.54) is 24.3 Å². The second-order valence-corrected chi connectivity index (χ2v) is 7.35. The molecule has 1 unspecified atom stereocenters. The molecule has 1 atom stereocenters. The highest BCUT2D eigenvalue weighted by molar-refractivity contribution is 7.10. The Morgan fingerprint density at radius 1 is 1.25 bits per heavy atom. The number of nitrogens with one attached hydrogen (secondary N) is 3. The number of methoxy groups -OCH3 is 1. The third-order valence-electron chi connectivity index (χ3n) is 3.74. The number of carbonyl (C=O) groups excluding carboxylic acids is 3. The highest BCUT2D eigenvalue weighted by atomic mass is 35.5. The minimum Gasteiger partial charge on any atom is -0.383 e. The second-order valence-electron chi connectivity index (χ2n) is 5.96. The summed E-state index contributed by atoms with van der Waals surface area (Å²) in [5, 5.41) is 10.3. The first-order valence-corrected chi connectivity index (χ1v) is 9.83. The molecular formula is C19H22ClN3O4S. The van der Waals surface area contributed by atoms with Gasteiger partial charge in [0, 0.05) is 31.1 Å². The number of benzene rings is 1. The smallest absolute Gasteiger partial charge is 0.252 e. The maximum absolute atomic E-state index is 12.4. The number of halogens is 1. The summed E-state index contributed by atoms with van der Waals surface area (Å²) >= 11 is 7.65. The normalized spacial score (nSPS) is 11.5. The lowest BCUT2D eigenvalue weighted by atomic mass is 10.1. The molecule has 1 aromatic carbocycles. The zero-order valence-electron chi connectivity index (χ0n) is 15.6. The summed E-state index contributed by atoms with van der Waals surface area (Å²) in [6.45, 7) is 2.18. The third kappa shape index (κ3) is 6.63. The van der Waals surface area contributed by atoms with Crippen LogP contribution in [-0.2, 0) is 14.3 Å². The summed E-state index contributed by atoms with van der Waals surface area (Å²) in [5.74, 6) is -0.804. The number of ether oxygens (including phenoxy) is 1. The number of carbonyl (C=O) groups is 3. The van der Waals surface area contributed by atoms with Crippen LogP contribution in [0.25, 0.3) is 0 Å². The van der Waals surface area contributed by atoms with E-state index in [0.29, 0.717) is 24.4 Å². The number of rotatable bonds is 9. The third-order valence-corrected chi connectivity index (χ3v) is 5.04. The number of anilines is 1. The Kier molecular flexibility index (Phi) is 8.43. The maximum atomic E-state index is 12.4. The zero-order valence-corrected chi connectivity index (χ0v) is 17.2. The fourth-order valence-corrected chi connectivity index (χ4v) is 3.54. The lowest BCUT2D eigenvalue weighted by molar-refractivity contribution is -0.120. The number of hydrogen-bond acceptors (Lipinski definition) is 5. The van der Waals surface area contributed by atoms with Gasteiger partial charge in [-0.1, -0.05) is 17.7 Å². The molecule has 150 valence electrons. The van der Waals surface area contributed by atoms with Crippen molar-refractivity contribution in [3.8, 4) is 0 Å². The van der Waals surface area contributed by atoms with Crippen LogP contribution in [0.3, 0.4) is 0 Å². The van der Waals surface area contributed by atoms with Crippen LogP contribution < -0.4 is 16.0 Å². The molecule has 1 aromatic heterocycles. The topological polar surface area (TPSA) is 96.5 Å². The van der Waals surface area contributed by atoms with E-state index in [1.807, 2.05) is 17.5 Å². The van der Waals surface area contributed by atoms with E-state index in [9.17, 15) is 14.4 Å². The summed E-state index contributed by atoms with van der Waals surface area (Å²) in [4.78, 5) is 36.8. The van der Waals surface area contributed by atoms with Gasteiger partial charge >= 0.3 is 0 Å². The molecular weight excluding hydrogens is 402 g/mol. The summed E-state index contributed by atoms with van der Waals surface area (Å²) < 4.78 is 4.88. The van der Waals surface area contributed by atoms with E-state index in [-0.39, 0.29) is 29.2 Å². The highest BCUT2D eigenvalue weighted by Crippen LogP contribution is 2.24. The first-order chi connectivity index (χ1) is 13.4. The van der Waals surface area contributed by atoms with Gasteiger partial charge in [-0.3, -0.25) is 14.4 Å². The van der Waals surface area contributed by atoms with Gasteiger partial charge in [-0.05, 0) is 29.6 Å². The Hall–Kier alpha value is -2.42. The van der Waals surface area contributed by atoms with Gasteiger partial charge in [-0.2, -0.15) is 0 Å². The standard InChI is InChI=1S/C19H22ClN3O4S/c1-12(24)22-16(17-4-3-9-28-17)11-18(25)23-13-5-6-14(15(20)10-13)19(26)21-7-8-27-2/h3-6,9-10,16H,7-8,11H2,1-2H3,(H,21,26)(H,22,24)(H,23,25). The fraction of sp³-hybridized carbons (Fsp3) is 0.316. The molecule has 0 aliphatic heterocycles. The van der Waals surface area contributed by atoms with Gasteiger partial charge < -0.3 is 20.7 Å². The van der Waals surface area contributed by atoms with Crippen LogP contribution >= 0.6 is 22.9 Å². The Morgan fingerprint density at radius 2 is 2.04 bits per heavy atom. The van der Waals surface area contributed by atoms with Gasteiger partial charge in [0.25, 0.3) is 5.91 Å². The van der Waals surface area contributed by atoms with Gasteiger partial charge in [0.1, 0.15) is 0 Å². The minimum absolute atomic E-state index is 0.0803. The first-order valence-electron chi connectivity index (χ1n) is 8.57. The van der Waals surface area contributed by atoms with E-state index < -0.39 is 6.04 Å². The first kappa shape index (κ1) is 21.9. The van der Waals surface area contributed by atoms with Crippen molar-refractivity contribution in [2.75, 3.05) is 25.6 Å². The van der Waals surface area contributed by atoms with E-state index >= 15 is 0 Å². The van der Waals surface area contributed by atoms with Crippen LogP contribution in [0.2, 0.25) is 5.02 Å². The zero-order chi connectivity index (χ0) is 20.5. The minimum atomic E-state index is -0.404. The molecule has 2 aromatic rings. The van der Waals surface area contributed by atoms with Gasteiger partial charge in [-0.15, -0.1) is 11.3 Å². The molecule has 1 heterocycles. The maximum Gasteiger partial charge on any atom is 0.252 e. The van der Waals surface area contributed by atoms with Crippen molar-refractivity contribution in [1.29, 1.82) is 0 Å². The highest BCUT2D eigenvalue weighted by Gasteiger charge is 2.19. The van der Waals surface area contributed by atoms with Crippen molar-refractivity contribution in [3.05, 3.63) is 51.2 Å². The molecule has 0 spiro atoms. The molecule has 28 heavy (non-hydrogen) atoms. The van der Waals surface area contributed by atoms with Crippen LogP contribution in [0.4, 0.5) is 5.69 Å². The SMILES string of the molecule is COCCNC(=O)c1ccc(NC(=O)CC(NC(C)=O)c2cccs2)cc1Cl. The van der Waals surface area contributed by atoms with E-state index in [4.69, 9.17) is 16.3 Å². The largest absolute Gasteiger partial charge is 0.383 e. The lowest BCUT2D eigenvalue weighted by Crippen LogP contribution is -2.29. The Morgan fingerprint density at radius 3 is 2.64 bits per heavy atom. The Balaban J connectivity index is 2.00. The molecule has 3 amide bonds. The summed E-state index contributed by atoms with van der Waals surface area (Å²) in [7, 11) is 1.55. The molecule has 7 nitrogen and oxygen atoms in total. The number of amides is 3. The molecule has 2 rings (SSSR count). The Bertz CT molecular complexity index is 827. The van der Waals surface area contributed by atoms with Crippen LogP contribution in [0.1, 0.15) is 34.6 Å². The summed E-state index contributed by atoms with van der Waals surface area (Å²) in [6, 6.07) is 8.00. The lowest BCUT2D eigenvalue weighted by Gasteiger charge is -2.16. The van der Waals surface area contributed by atoms with Crippen LogP contribution in [-0.4, -0.2) is 38.0 Å². The Labute approximate surface area is 172 Å². The van der Waals surface area contributed by atoms with Gasteiger partial charge in [-0.25, -0.2) is 0 Å². The van der Waals surface area contributed by atoms with Crippen molar-refractivity contribution in [2.45, 2.75) is 19.4 Å². The molecule has 0 saturated carbocycles. The fourth-order valence-electron chi connectivity index (χ4n) is 2.49. The summed E-state index contributed by atoms with van der Waals surface area (Å²) in [6.07, 6.45) is 0.0803. The van der Waals surface area contributed by atoms with Gasteiger partial charge in [0.2, 0.25) is 11.8 Å². The van der Waals surface area contributed by atoms with E-state index in [0.717, 1.165) is 4.88 Å². The van der Waals surface area contributed by atoms with Crippen molar-refractivity contribution < 1.29 is 19.1 Å². The molecule has 9 heteroatoms. The molecule has 0 saturated heterocycles. The van der Waals surface area contributed by atoms with Crippen molar-refractivity contribution in [3.63, 3.8) is 0 Å². The molecule has 3 N–H and O–H groups in total. The molecule has 0 bridgehead atoms. The second kappa shape index (κ2) is 10.8. The molecule has 0 aliphatic rings. The van der Waals surface area contributed by atoms with E-state index in [1.54, 1.807) is 19.2 Å². The van der Waals surface area contributed by atoms with E-state index in [2.05, 4.69) is 16.0 Å². The molecule has 0 radical (unpaired) electrons. The quantitative estimate of drug-likeness (QED) is 0.540. The van der Waals surface area contributed by atoms with Crippen molar-refractivity contribution >= 4 is 46.3 Å². The number of thiophene rings is 1. The van der Waals surface area contributed by atoms with Gasteiger partial charge in [0.15, 0.2) is 0 Å². The van der Waals surface area contributed by atoms with Crippen LogP contribution in [0, 0.1) is 0 Å². The van der Waals surface area contributed by atoms with Crippen LogP contribution in [0.5, 0.6) is 0 Å². The summed E-state index contributed by atoms with van der Waals surface area (Å²) in [5.41, 5.74) is 0.779. The van der Waals surface area contributed by atoms with Crippen molar-refractivity contribution in [1.82, 2.24) is 10.6 Å². The predicted molar refractivity (Wildman–Crippen MR) is 110 cm³/mol. The average Bonchev–Trinajstić information content (AvgIpc) is 3.15. The van der Waals surface area contributed by atoms with Gasteiger partial charge in [0.05, 0.1) is 29.7 Å². The molecule has 0 aliphatic carbocycles. The number of hydrogen-bond donors (Lipinski definition) is 3.